The maximum Gasteiger partial charge on any atom is 0.306 e. The highest BCUT2D eigenvalue weighted by Crippen LogP contribution is 2.35. The molecule has 4 heteroatoms. The van der Waals surface area contributed by atoms with Crippen LogP contribution in [-0.4, -0.2) is 12.1 Å². The van der Waals surface area contributed by atoms with Gasteiger partial charge in [-0.2, -0.15) is 0 Å². The van der Waals surface area contributed by atoms with Crippen LogP contribution >= 0.6 is 15.9 Å². The predicted octanol–water partition coefficient (Wildman–Crippen LogP) is 5.12. The molecule has 21 heavy (non-hydrogen) atoms. The Kier molecular flexibility index (Phi) is 5.97. The third-order valence-electron chi connectivity index (χ3n) is 3.94. The molecule has 2 rings (SSSR count). The number of benzene rings is 1. The molecule has 0 N–H and O–H groups in total. The molecule has 0 spiro atoms. The summed E-state index contributed by atoms with van der Waals surface area (Å²) in [5, 5.41) is 0. The lowest BCUT2D eigenvalue weighted by atomic mass is 9.83. The zero-order valence-electron chi connectivity index (χ0n) is 12.0. The maximum absolute atomic E-state index is 13.6. The summed E-state index contributed by atoms with van der Waals surface area (Å²) in [5.41, 5.74) is 1.03. The number of hydrogen-bond donors (Lipinski definition) is 0. The van der Waals surface area contributed by atoms with Crippen molar-refractivity contribution >= 4 is 21.9 Å². The van der Waals surface area contributed by atoms with E-state index in [1.807, 2.05) is 6.07 Å². The standard InChI is InChI=1S/C17H20BrFO2/c1-2-3-4-17(20)21-14-8-5-12(6-9-14)13-7-10-15(18)16(19)11-13/h2,7,10-12,14H,1,3-6,8-9H2. The van der Waals surface area contributed by atoms with Crippen LogP contribution in [0.4, 0.5) is 4.39 Å². The van der Waals surface area contributed by atoms with Gasteiger partial charge in [-0.3, -0.25) is 4.79 Å². The molecule has 0 atom stereocenters. The highest BCUT2D eigenvalue weighted by Gasteiger charge is 2.25. The average Bonchev–Trinajstić information content (AvgIpc) is 2.49. The molecular formula is C17H20BrFO2. The number of halogens is 2. The molecule has 1 aromatic rings. The van der Waals surface area contributed by atoms with Crippen LogP contribution in [0, 0.1) is 5.82 Å². The maximum atomic E-state index is 13.6. The summed E-state index contributed by atoms with van der Waals surface area (Å²) in [5.74, 6) is -0.00533. The summed E-state index contributed by atoms with van der Waals surface area (Å²) in [7, 11) is 0. The Bertz CT molecular complexity index is 508. The van der Waals surface area contributed by atoms with Gasteiger partial charge in [0.1, 0.15) is 11.9 Å². The molecule has 0 heterocycles. The van der Waals surface area contributed by atoms with Crippen molar-refractivity contribution in [3.05, 3.63) is 46.7 Å². The minimum absolute atomic E-state index is 0.0128. The van der Waals surface area contributed by atoms with Gasteiger partial charge in [-0.25, -0.2) is 4.39 Å². The molecule has 1 aliphatic carbocycles. The summed E-state index contributed by atoms with van der Waals surface area (Å²) in [6.45, 7) is 3.59. The molecule has 0 saturated heterocycles. The lowest BCUT2D eigenvalue weighted by molar-refractivity contribution is -0.150. The van der Waals surface area contributed by atoms with Crippen LogP contribution in [0.3, 0.4) is 0 Å². The monoisotopic (exact) mass is 354 g/mol. The second kappa shape index (κ2) is 7.74. The summed E-state index contributed by atoms with van der Waals surface area (Å²) in [4.78, 5) is 11.6. The fourth-order valence-electron chi connectivity index (χ4n) is 2.75. The van der Waals surface area contributed by atoms with Crippen molar-refractivity contribution in [3.8, 4) is 0 Å². The van der Waals surface area contributed by atoms with Gasteiger partial charge in [0.2, 0.25) is 0 Å². The van der Waals surface area contributed by atoms with E-state index in [1.54, 1.807) is 18.2 Å². The largest absolute Gasteiger partial charge is 0.462 e. The number of allylic oxidation sites excluding steroid dienone is 1. The molecule has 0 radical (unpaired) electrons. The van der Waals surface area contributed by atoms with Gasteiger partial charge in [-0.05, 0) is 71.6 Å². The first-order valence-corrected chi connectivity index (χ1v) is 8.14. The molecule has 0 bridgehead atoms. The van der Waals surface area contributed by atoms with Gasteiger partial charge in [-0.1, -0.05) is 12.1 Å². The number of rotatable bonds is 5. The molecule has 0 aromatic heterocycles. The lowest BCUT2D eigenvalue weighted by Crippen LogP contribution is -2.23. The average molecular weight is 355 g/mol. The third-order valence-corrected chi connectivity index (χ3v) is 4.58. The van der Waals surface area contributed by atoms with E-state index in [1.165, 1.54) is 0 Å². The van der Waals surface area contributed by atoms with Gasteiger partial charge in [0, 0.05) is 6.42 Å². The molecule has 0 amide bonds. The van der Waals surface area contributed by atoms with E-state index in [2.05, 4.69) is 22.5 Å². The fraction of sp³-hybridized carbons (Fsp3) is 0.471. The molecule has 0 aliphatic heterocycles. The van der Waals surface area contributed by atoms with Crippen LogP contribution < -0.4 is 0 Å². The van der Waals surface area contributed by atoms with Crippen molar-refractivity contribution in [2.75, 3.05) is 0 Å². The van der Waals surface area contributed by atoms with Gasteiger partial charge in [0.05, 0.1) is 4.47 Å². The normalized spacial score (nSPS) is 21.8. The van der Waals surface area contributed by atoms with E-state index in [0.29, 0.717) is 23.2 Å². The van der Waals surface area contributed by atoms with E-state index < -0.39 is 0 Å². The molecular weight excluding hydrogens is 335 g/mol. The second-order valence-electron chi connectivity index (χ2n) is 5.46. The van der Waals surface area contributed by atoms with Gasteiger partial charge in [-0.15, -0.1) is 6.58 Å². The zero-order chi connectivity index (χ0) is 15.2. The minimum Gasteiger partial charge on any atom is -0.462 e. The van der Waals surface area contributed by atoms with Crippen LogP contribution in [0.1, 0.15) is 50.0 Å². The van der Waals surface area contributed by atoms with E-state index in [9.17, 15) is 9.18 Å². The molecule has 2 nitrogen and oxygen atoms in total. The first kappa shape index (κ1) is 16.2. The van der Waals surface area contributed by atoms with Crippen molar-refractivity contribution in [2.24, 2.45) is 0 Å². The first-order valence-electron chi connectivity index (χ1n) is 7.35. The van der Waals surface area contributed by atoms with Crippen LogP contribution in [0.25, 0.3) is 0 Å². The van der Waals surface area contributed by atoms with Crippen molar-refractivity contribution in [3.63, 3.8) is 0 Å². The van der Waals surface area contributed by atoms with Crippen LogP contribution in [0.5, 0.6) is 0 Å². The predicted molar refractivity (Wildman–Crippen MR) is 84.6 cm³/mol. The van der Waals surface area contributed by atoms with Crippen molar-refractivity contribution in [2.45, 2.75) is 50.5 Å². The second-order valence-corrected chi connectivity index (χ2v) is 6.32. The molecule has 0 unspecified atom stereocenters. The summed E-state index contributed by atoms with van der Waals surface area (Å²) in [6.07, 6.45) is 6.36. The van der Waals surface area contributed by atoms with Crippen LogP contribution in [0.15, 0.2) is 35.3 Å². The molecule has 1 saturated carbocycles. The highest BCUT2D eigenvalue weighted by atomic mass is 79.9. The Hall–Kier alpha value is -1.16. The quantitative estimate of drug-likeness (QED) is 0.541. The zero-order valence-corrected chi connectivity index (χ0v) is 13.6. The van der Waals surface area contributed by atoms with Crippen LogP contribution in [-0.2, 0) is 9.53 Å². The Morgan fingerprint density at radius 3 is 2.71 bits per heavy atom. The lowest BCUT2D eigenvalue weighted by Gasteiger charge is -2.28. The Labute approximate surface area is 133 Å². The number of carbonyl (C=O) groups excluding carboxylic acids is 1. The number of esters is 1. The Morgan fingerprint density at radius 2 is 2.10 bits per heavy atom. The Balaban J connectivity index is 1.84. The minimum atomic E-state index is -0.217. The summed E-state index contributed by atoms with van der Waals surface area (Å²) >= 11 is 3.17. The Morgan fingerprint density at radius 1 is 1.38 bits per heavy atom. The van der Waals surface area contributed by atoms with Crippen LogP contribution in [0.2, 0.25) is 0 Å². The number of hydrogen-bond acceptors (Lipinski definition) is 2. The van der Waals surface area contributed by atoms with Gasteiger partial charge >= 0.3 is 5.97 Å². The summed E-state index contributed by atoms with van der Waals surface area (Å²) in [6, 6.07) is 5.32. The fourth-order valence-corrected chi connectivity index (χ4v) is 2.99. The molecule has 1 aliphatic rings. The topological polar surface area (TPSA) is 26.3 Å². The smallest absolute Gasteiger partial charge is 0.306 e. The van der Waals surface area contributed by atoms with E-state index in [4.69, 9.17) is 4.74 Å². The SMILES string of the molecule is C=CCCC(=O)OC1CCC(c2ccc(Br)c(F)c2)CC1. The summed E-state index contributed by atoms with van der Waals surface area (Å²) < 4.78 is 19.5. The van der Waals surface area contributed by atoms with Crippen molar-refractivity contribution in [1.29, 1.82) is 0 Å². The van der Waals surface area contributed by atoms with E-state index >= 15 is 0 Å². The molecule has 1 aromatic carbocycles. The number of ether oxygens (including phenoxy) is 1. The number of carbonyl (C=O) groups is 1. The van der Waals surface area contributed by atoms with Gasteiger partial charge in [0.25, 0.3) is 0 Å². The molecule has 114 valence electrons. The van der Waals surface area contributed by atoms with E-state index in [0.717, 1.165) is 31.2 Å². The van der Waals surface area contributed by atoms with Gasteiger partial charge < -0.3 is 4.74 Å². The van der Waals surface area contributed by atoms with E-state index in [-0.39, 0.29) is 17.9 Å². The molecule has 1 fully saturated rings. The van der Waals surface area contributed by atoms with Crippen molar-refractivity contribution in [1.82, 2.24) is 0 Å². The highest BCUT2D eigenvalue weighted by molar-refractivity contribution is 9.10. The van der Waals surface area contributed by atoms with Gasteiger partial charge in [0.15, 0.2) is 0 Å². The van der Waals surface area contributed by atoms with Crippen molar-refractivity contribution < 1.29 is 13.9 Å². The third kappa shape index (κ3) is 4.67. The first-order chi connectivity index (χ1) is 10.1.